The smallest absolute Gasteiger partial charge is 0.0375 e. The Hall–Kier alpha value is -3.40. The molecular formula is C28H36N4. The number of aromatic nitrogens is 4. The molecule has 168 valence electrons. The van der Waals surface area contributed by atoms with E-state index in [-0.39, 0.29) is 0 Å². The molecule has 4 rings (SSSR count). The maximum atomic E-state index is 4.17. The second kappa shape index (κ2) is 14.6. The standard InChI is InChI=1S/4C7H9N/c1-6-3-7(2)5-8-4-6;1-6-3-4-8-7(2)5-6;1-6-3-4-7(2)8-5-6;1-6-4-3-5-7(2)8-6/h4*3-5H,1-2H3. The summed E-state index contributed by atoms with van der Waals surface area (Å²) < 4.78 is 0. The molecule has 0 amide bonds. The minimum Gasteiger partial charge on any atom is -0.264 e. The highest BCUT2D eigenvalue weighted by molar-refractivity contribution is 5.14. The van der Waals surface area contributed by atoms with Crippen molar-refractivity contribution >= 4 is 0 Å². The molecule has 0 aliphatic heterocycles. The van der Waals surface area contributed by atoms with Crippen LogP contribution in [0.5, 0.6) is 0 Å². The van der Waals surface area contributed by atoms with E-state index in [1.165, 1.54) is 22.3 Å². The van der Waals surface area contributed by atoms with Crippen molar-refractivity contribution in [1.29, 1.82) is 0 Å². The van der Waals surface area contributed by atoms with Crippen LogP contribution < -0.4 is 0 Å². The number of pyridine rings is 4. The van der Waals surface area contributed by atoms with Crippen molar-refractivity contribution in [1.82, 2.24) is 19.9 Å². The zero-order valence-corrected chi connectivity index (χ0v) is 20.7. The summed E-state index contributed by atoms with van der Waals surface area (Å²) >= 11 is 0. The van der Waals surface area contributed by atoms with Gasteiger partial charge in [0.1, 0.15) is 0 Å². The van der Waals surface area contributed by atoms with E-state index in [1.54, 1.807) is 0 Å². The van der Waals surface area contributed by atoms with Gasteiger partial charge in [-0.25, -0.2) is 0 Å². The van der Waals surface area contributed by atoms with Crippen LogP contribution in [-0.2, 0) is 0 Å². The van der Waals surface area contributed by atoms with Crippen molar-refractivity contribution in [2.24, 2.45) is 0 Å². The van der Waals surface area contributed by atoms with Crippen molar-refractivity contribution in [3.8, 4) is 0 Å². The van der Waals surface area contributed by atoms with Gasteiger partial charge in [-0.1, -0.05) is 18.2 Å². The molecule has 0 spiro atoms. The van der Waals surface area contributed by atoms with Crippen LogP contribution >= 0.6 is 0 Å². The Morgan fingerprint density at radius 3 is 1.41 bits per heavy atom. The Labute approximate surface area is 193 Å². The van der Waals surface area contributed by atoms with Crippen LogP contribution in [-0.4, -0.2) is 19.9 Å². The molecule has 4 aromatic rings. The van der Waals surface area contributed by atoms with Gasteiger partial charge in [0, 0.05) is 47.6 Å². The first-order valence-electron chi connectivity index (χ1n) is 10.7. The number of aryl methyl sites for hydroxylation is 8. The third-order valence-electron chi connectivity index (χ3n) is 4.15. The van der Waals surface area contributed by atoms with Gasteiger partial charge in [-0.3, -0.25) is 19.9 Å². The number of nitrogens with zero attached hydrogens (tertiary/aromatic N) is 4. The molecule has 0 atom stereocenters. The zero-order chi connectivity index (χ0) is 23.9. The minimum absolute atomic E-state index is 1.08. The second-order valence-corrected chi connectivity index (χ2v) is 7.91. The first-order valence-corrected chi connectivity index (χ1v) is 10.7. The molecule has 0 N–H and O–H groups in total. The Balaban J connectivity index is 0.000000213. The fourth-order valence-corrected chi connectivity index (χ4v) is 2.61. The molecule has 0 radical (unpaired) electrons. The molecule has 0 saturated carbocycles. The summed E-state index contributed by atoms with van der Waals surface area (Å²) in [4.78, 5) is 16.3. The first-order chi connectivity index (χ1) is 15.2. The Bertz CT molecular complexity index is 881. The Morgan fingerprint density at radius 1 is 0.469 bits per heavy atom. The predicted octanol–water partition coefficient (Wildman–Crippen LogP) is 6.79. The summed E-state index contributed by atoms with van der Waals surface area (Å²) in [5.74, 6) is 0. The third-order valence-corrected chi connectivity index (χ3v) is 4.15. The van der Waals surface area contributed by atoms with Crippen LogP contribution in [0.15, 0.2) is 73.3 Å². The molecule has 0 fully saturated rings. The van der Waals surface area contributed by atoms with Crippen LogP contribution in [0, 0.1) is 55.4 Å². The number of rotatable bonds is 0. The fraction of sp³-hybridized carbons (Fsp3) is 0.286. The SMILES string of the molecule is Cc1ccc(C)nc1.Cc1cccc(C)n1.Cc1ccnc(C)c1.Cc1cncc(C)c1. The van der Waals surface area contributed by atoms with Gasteiger partial charge < -0.3 is 0 Å². The lowest BCUT2D eigenvalue weighted by Crippen LogP contribution is -1.81. The molecule has 0 aromatic carbocycles. The average molecular weight is 429 g/mol. The molecule has 4 heterocycles. The van der Waals surface area contributed by atoms with Gasteiger partial charge in [-0.05, 0) is 108 Å². The molecule has 4 aromatic heterocycles. The van der Waals surface area contributed by atoms with Crippen molar-refractivity contribution in [3.63, 3.8) is 0 Å². The molecule has 0 aliphatic rings. The van der Waals surface area contributed by atoms with E-state index in [0.29, 0.717) is 0 Å². The second-order valence-electron chi connectivity index (χ2n) is 7.91. The predicted molar refractivity (Wildman–Crippen MR) is 135 cm³/mol. The van der Waals surface area contributed by atoms with Gasteiger partial charge in [0.25, 0.3) is 0 Å². The molecule has 32 heavy (non-hydrogen) atoms. The van der Waals surface area contributed by atoms with E-state index in [2.05, 4.69) is 45.1 Å². The van der Waals surface area contributed by atoms with Crippen LogP contribution in [0.4, 0.5) is 0 Å². The topological polar surface area (TPSA) is 51.6 Å². The summed E-state index contributed by atoms with van der Waals surface area (Å²) in [6, 6.07) is 16.2. The van der Waals surface area contributed by atoms with Crippen LogP contribution in [0.3, 0.4) is 0 Å². The molecule has 0 aliphatic carbocycles. The first kappa shape index (κ1) is 26.6. The summed E-state index contributed by atoms with van der Waals surface area (Å²) in [6.45, 7) is 16.1. The fourth-order valence-electron chi connectivity index (χ4n) is 2.61. The largest absolute Gasteiger partial charge is 0.264 e. The van der Waals surface area contributed by atoms with E-state index >= 15 is 0 Å². The van der Waals surface area contributed by atoms with E-state index < -0.39 is 0 Å². The summed E-state index contributed by atoms with van der Waals surface area (Å²) in [5.41, 5.74) is 9.29. The van der Waals surface area contributed by atoms with E-state index in [1.807, 2.05) is 104 Å². The molecule has 0 bridgehead atoms. The highest BCUT2D eigenvalue weighted by Gasteiger charge is 1.84. The van der Waals surface area contributed by atoms with Gasteiger partial charge in [0.2, 0.25) is 0 Å². The number of hydrogen-bond acceptors (Lipinski definition) is 4. The lowest BCUT2D eigenvalue weighted by atomic mass is 10.2. The molecule has 0 unspecified atom stereocenters. The lowest BCUT2D eigenvalue weighted by Gasteiger charge is -1.90. The highest BCUT2D eigenvalue weighted by Crippen LogP contribution is 1.97. The highest BCUT2D eigenvalue weighted by atomic mass is 14.7. The van der Waals surface area contributed by atoms with E-state index in [9.17, 15) is 0 Å². The van der Waals surface area contributed by atoms with E-state index in [4.69, 9.17) is 0 Å². The third kappa shape index (κ3) is 13.0. The summed E-state index contributed by atoms with van der Waals surface area (Å²) in [5, 5.41) is 0. The Morgan fingerprint density at radius 2 is 1.09 bits per heavy atom. The maximum absolute atomic E-state index is 4.17. The van der Waals surface area contributed by atoms with Crippen molar-refractivity contribution in [3.05, 3.63) is 118 Å². The molecule has 4 heteroatoms. The van der Waals surface area contributed by atoms with Gasteiger partial charge in [-0.15, -0.1) is 0 Å². The van der Waals surface area contributed by atoms with Gasteiger partial charge >= 0.3 is 0 Å². The van der Waals surface area contributed by atoms with Crippen LogP contribution in [0.1, 0.15) is 45.0 Å². The lowest BCUT2D eigenvalue weighted by molar-refractivity contribution is 1.12. The zero-order valence-electron chi connectivity index (χ0n) is 20.7. The van der Waals surface area contributed by atoms with Crippen LogP contribution in [0.25, 0.3) is 0 Å². The summed E-state index contributed by atoms with van der Waals surface area (Å²) in [6.07, 6.45) is 7.40. The molecular weight excluding hydrogens is 392 g/mol. The van der Waals surface area contributed by atoms with Gasteiger partial charge in [-0.2, -0.15) is 0 Å². The van der Waals surface area contributed by atoms with Gasteiger partial charge in [0.15, 0.2) is 0 Å². The minimum atomic E-state index is 1.08. The van der Waals surface area contributed by atoms with Crippen LogP contribution in [0.2, 0.25) is 0 Å². The molecule has 4 nitrogen and oxygen atoms in total. The van der Waals surface area contributed by atoms with Crippen molar-refractivity contribution in [2.75, 3.05) is 0 Å². The number of hydrogen-bond donors (Lipinski definition) is 0. The Kier molecular flexibility index (Phi) is 12.1. The molecule has 0 saturated heterocycles. The maximum Gasteiger partial charge on any atom is 0.0375 e. The monoisotopic (exact) mass is 428 g/mol. The van der Waals surface area contributed by atoms with Gasteiger partial charge in [0.05, 0.1) is 0 Å². The summed E-state index contributed by atoms with van der Waals surface area (Å²) in [7, 11) is 0. The average Bonchev–Trinajstić information content (AvgIpc) is 2.71. The van der Waals surface area contributed by atoms with E-state index in [0.717, 1.165) is 22.8 Å². The van der Waals surface area contributed by atoms with Crippen molar-refractivity contribution in [2.45, 2.75) is 55.4 Å². The normalized spacial score (nSPS) is 9.25. The quantitative estimate of drug-likeness (QED) is 0.309. The van der Waals surface area contributed by atoms with Crippen molar-refractivity contribution < 1.29 is 0 Å².